The topological polar surface area (TPSA) is 120 Å². The van der Waals surface area contributed by atoms with Gasteiger partial charge in [0.25, 0.3) is 0 Å². The van der Waals surface area contributed by atoms with Crippen molar-refractivity contribution < 1.29 is 18.6 Å². The molecule has 7 unspecified atom stereocenters. The second-order valence-corrected chi connectivity index (χ2v) is 14.3. The van der Waals surface area contributed by atoms with Gasteiger partial charge in [-0.05, 0) is 87.2 Å². The van der Waals surface area contributed by atoms with Gasteiger partial charge in [-0.2, -0.15) is 0 Å². The molecule has 5 aliphatic rings. The quantitative estimate of drug-likeness (QED) is 0.269. The highest BCUT2D eigenvalue weighted by Crippen LogP contribution is 2.73. The number of nitrogens with two attached hydrogens (primary N) is 2. The number of piperidine rings is 2. The maximum atomic E-state index is 15.2. The molecule has 4 heterocycles. The molecule has 4 aliphatic heterocycles. The lowest BCUT2D eigenvalue weighted by molar-refractivity contribution is -0.547. The number of halogens is 1. The highest BCUT2D eigenvalue weighted by molar-refractivity contribution is 5.80. The number of fused-ring (bicyclic) bond motifs is 1. The summed E-state index contributed by atoms with van der Waals surface area (Å²) < 4.78 is 17.1. The average molecular weight is 577 g/mol. The minimum atomic E-state index is -1.04. The Balaban J connectivity index is 1.29. The summed E-state index contributed by atoms with van der Waals surface area (Å²) >= 11 is 0. The highest BCUT2D eigenvalue weighted by atomic mass is 19.1. The number of carbonyl (C=O) groups is 2. The van der Waals surface area contributed by atoms with Crippen molar-refractivity contribution in [1.82, 2.24) is 20.4 Å². The van der Waals surface area contributed by atoms with Crippen molar-refractivity contribution in [3.8, 4) is 0 Å². The molecule has 9 nitrogen and oxygen atoms in total. The molecule has 41 heavy (non-hydrogen) atoms. The van der Waals surface area contributed by atoms with E-state index in [9.17, 15) is 9.59 Å². The molecule has 6 N–H and O–H groups in total. The zero-order valence-electron chi connectivity index (χ0n) is 25.8. The number of nitrogens with one attached hydrogen (secondary N) is 2. The van der Waals surface area contributed by atoms with Crippen LogP contribution in [0.25, 0.3) is 0 Å². The van der Waals surface area contributed by atoms with Gasteiger partial charge in [0.1, 0.15) is 13.0 Å². The minimum Gasteiger partial charge on any atom is -0.350 e. The number of likely N-dealkylation sites (tertiary alicyclic amines) is 2. The molecule has 0 aromatic heterocycles. The molecule has 0 radical (unpaired) electrons. The highest BCUT2D eigenvalue weighted by Gasteiger charge is 2.67. The zero-order valence-corrected chi connectivity index (χ0v) is 25.8. The molecule has 1 saturated carbocycles. The van der Waals surface area contributed by atoms with Crippen LogP contribution in [-0.2, 0) is 9.59 Å². The first kappa shape index (κ1) is 30.8. The van der Waals surface area contributed by atoms with E-state index in [4.69, 9.17) is 11.5 Å². The molecule has 232 valence electrons. The second-order valence-electron chi connectivity index (χ2n) is 14.3. The minimum absolute atomic E-state index is 0.00166. The summed E-state index contributed by atoms with van der Waals surface area (Å²) in [6.07, 6.45) is 8.31. The Morgan fingerprint density at radius 3 is 2.39 bits per heavy atom. The Morgan fingerprint density at radius 1 is 1.12 bits per heavy atom. The Labute approximate surface area is 246 Å². The molecule has 4 fully saturated rings. The smallest absolute Gasteiger partial charge is 0.233 e. The Kier molecular flexibility index (Phi) is 8.88. The molecular formula is C31H55FN7O2+. The summed E-state index contributed by atoms with van der Waals surface area (Å²) in [5.41, 5.74) is 13.0. The molecule has 10 heteroatoms. The van der Waals surface area contributed by atoms with Crippen molar-refractivity contribution in [1.29, 1.82) is 0 Å². The molecule has 3 saturated heterocycles. The van der Waals surface area contributed by atoms with Crippen molar-refractivity contribution in [3.05, 3.63) is 0 Å². The van der Waals surface area contributed by atoms with Gasteiger partial charge in [-0.3, -0.25) is 14.5 Å². The van der Waals surface area contributed by atoms with Crippen molar-refractivity contribution in [2.24, 2.45) is 33.6 Å². The van der Waals surface area contributed by atoms with E-state index in [-0.39, 0.29) is 46.2 Å². The number of carbonyl (C=O) groups excluding carboxylic acids is 2. The first-order chi connectivity index (χ1) is 19.5. The number of alkyl halides is 1. The van der Waals surface area contributed by atoms with Crippen LogP contribution >= 0.6 is 0 Å². The lowest BCUT2D eigenvalue weighted by atomic mass is 9.76. The van der Waals surface area contributed by atoms with Gasteiger partial charge in [-0.15, -0.1) is 0 Å². The first-order valence-corrected chi connectivity index (χ1v) is 16.2. The summed E-state index contributed by atoms with van der Waals surface area (Å²) in [5.74, 6) is -0.571. The van der Waals surface area contributed by atoms with Crippen LogP contribution in [0.5, 0.6) is 0 Å². The van der Waals surface area contributed by atoms with E-state index in [1.165, 1.54) is 0 Å². The fourth-order valence-corrected chi connectivity index (χ4v) is 9.44. The third kappa shape index (κ3) is 5.83. The molecule has 0 bridgehead atoms. The molecule has 5 rings (SSSR count). The van der Waals surface area contributed by atoms with E-state index in [0.29, 0.717) is 13.0 Å². The molecular weight excluding hydrogens is 521 g/mol. The largest absolute Gasteiger partial charge is 0.350 e. The van der Waals surface area contributed by atoms with Crippen molar-refractivity contribution in [2.75, 3.05) is 46.3 Å². The summed E-state index contributed by atoms with van der Waals surface area (Å²) in [5, 5.41) is 6.87. The van der Waals surface area contributed by atoms with Crippen molar-refractivity contribution in [3.63, 3.8) is 0 Å². The van der Waals surface area contributed by atoms with E-state index < -0.39 is 18.3 Å². The lowest BCUT2D eigenvalue weighted by Gasteiger charge is -2.46. The monoisotopic (exact) mass is 576 g/mol. The van der Waals surface area contributed by atoms with E-state index in [2.05, 4.69) is 29.4 Å². The second kappa shape index (κ2) is 11.8. The predicted molar refractivity (Wildman–Crippen MR) is 159 cm³/mol. The standard InChI is InChI=1S/C31H54FN7O2/c1-5-30-15-22(32)18-37(4)25(16-31(30,6-2)19-30)26(27(33)34)28(41)36-23-17-35-11-7-24(23)38-12-8-29(9-13-38)10-14-39(20-29)21(3)40/h18,22-27,35H,5-17,19-20,33-34H2,1-4H3/p+1. The van der Waals surface area contributed by atoms with Crippen LogP contribution in [0, 0.1) is 22.2 Å². The van der Waals surface area contributed by atoms with E-state index >= 15 is 4.39 Å². The maximum absolute atomic E-state index is 15.2. The van der Waals surface area contributed by atoms with Crippen molar-refractivity contribution in [2.45, 2.75) is 109 Å². The summed E-state index contributed by atoms with van der Waals surface area (Å²) in [6, 6.07) is -0.0534. The molecule has 1 aliphatic carbocycles. The number of amides is 2. The molecule has 7 atom stereocenters. The number of hydrogen-bond acceptors (Lipinski definition) is 6. The van der Waals surface area contributed by atoms with Gasteiger partial charge >= 0.3 is 0 Å². The van der Waals surface area contributed by atoms with Gasteiger partial charge in [0.05, 0.1) is 12.2 Å². The average Bonchev–Trinajstić information content (AvgIpc) is 3.34. The van der Waals surface area contributed by atoms with Crippen LogP contribution in [0.3, 0.4) is 0 Å². The van der Waals surface area contributed by atoms with E-state index in [1.807, 2.05) is 16.5 Å². The van der Waals surface area contributed by atoms with Crippen LogP contribution in [0.4, 0.5) is 4.39 Å². The van der Waals surface area contributed by atoms with Crippen LogP contribution in [0.15, 0.2) is 0 Å². The predicted octanol–water partition coefficient (Wildman–Crippen LogP) is 1.44. The fraction of sp³-hybridized carbons (Fsp3) is 0.903. The van der Waals surface area contributed by atoms with Crippen LogP contribution in [0.2, 0.25) is 0 Å². The van der Waals surface area contributed by atoms with Crippen LogP contribution < -0.4 is 22.1 Å². The molecule has 1 spiro atoms. The van der Waals surface area contributed by atoms with Crippen molar-refractivity contribution >= 4 is 18.0 Å². The van der Waals surface area contributed by atoms with Crippen LogP contribution in [-0.4, -0.2) is 109 Å². The van der Waals surface area contributed by atoms with Gasteiger partial charge in [0.15, 0.2) is 18.4 Å². The number of nitrogens with zero attached hydrogens (tertiary/aromatic N) is 3. The first-order valence-electron chi connectivity index (χ1n) is 16.2. The molecule has 0 aromatic rings. The Bertz CT molecular complexity index is 1010. The molecule has 2 amide bonds. The third-order valence-corrected chi connectivity index (χ3v) is 12.3. The number of hydrogen-bond donors (Lipinski definition) is 4. The lowest BCUT2D eigenvalue weighted by Crippen LogP contribution is -2.64. The Morgan fingerprint density at radius 2 is 1.78 bits per heavy atom. The van der Waals surface area contributed by atoms with Gasteiger partial charge < -0.3 is 27.0 Å². The van der Waals surface area contributed by atoms with E-state index in [1.54, 1.807) is 13.1 Å². The van der Waals surface area contributed by atoms with Gasteiger partial charge in [-0.25, -0.2) is 8.97 Å². The normalized spacial score (nSPS) is 38.1. The SMILES string of the molecule is CCC12CC(F)C=[N+](C)C(C(C(=O)NC3CNCCC3N3CCC4(CCN(C(C)=O)C4)CC3)C(N)N)CC1(CC)C2. The number of rotatable bonds is 7. The van der Waals surface area contributed by atoms with E-state index in [0.717, 1.165) is 84.1 Å². The summed E-state index contributed by atoms with van der Waals surface area (Å²) in [6.45, 7) is 11.4. The molecule has 0 aromatic carbocycles. The summed E-state index contributed by atoms with van der Waals surface area (Å²) in [7, 11) is 1.88. The Hall–Kier alpha value is -1.62. The van der Waals surface area contributed by atoms with Gasteiger partial charge in [0.2, 0.25) is 11.8 Å². The summed E-state index contributed by atoms with van der Waals surface area (Å²) in [4.78, 5) is 30.6. The van der Waals surface area contributed by atoms with Gasteiger partial charge in [0, 0.05) is 39.0 Å². The zero-order chi connectivity index (χ0) is 29.6. The van der Waals surface area contributed by atoms with Gasteiger partial charge in [-0.1, -0.05) is 13.8 Å². The van der Waals surface area contributed by atoms with Crippen LogP contribution in [0.1, 0.15) is 78.6 Å². The fourth-order valence-electron chi connectivity index (χ4n) is 9.44. The maximum Gasteiger partial charge on any atom is 0.233 e. The third-order valence-electron chi connectivity index (χ3n) is 12.3.